The fourth-order valence-corrected chi connectivity index (χ4v) is 2.61. The van der Waals surface area contributed by atoms with E-state index in [9.17, 15) is 29.8 Å². The molecule has 2 amide bonds. The van der Waals surface area contributed by atoms with Gasteiger partial charge in [0.05, 0.1) is 21.5 Å². The molecular formula is C19H16N4O6. The predicted molar refractivity (Wildman–Crippen MR) is 105 cm³/mol. The summed E-state index contributed by atoms with van der Waals surface area (Å²) in [5.74, 6) is 1.09. The van der Waals surface area contributed by atoms with Gasteiger partial charge in [-0.05, 0) is 25.1 Å². The number of hydrogen-bond donors (Lipinski definition) is 1. The van der Waals surface area contributed by atoms with Crippen LogP contribution in [0.1, 0.15) is 21.5 Å². The smallest absolute Gasteiger partial charge is 0.279 e. The van der Waals surface area contributed by atoms with Crippen molar-refractivity contribution < 1.29 is 19.4 Å². The number of nitro benzene ring substituents is 2. The molecule has 0 aliphatic carbocycles. The Balaban J connectivity index is 2.67. The number of nitrogens with one attached hydrogen (secondary N) is 1. The number of nitrogens with zero attached hydrogens (tertiary/aromatic N) is 3. The first-order valence-corrected chi connectivity index (χ1v) is 8.22. The molecule has 0 heterocycles. The highest BCUT2D eigenvalue weighted by Gasteiger charge is 2.29. The fourth-order valence-electron chi connectivity index (χ4n) is 2.61. The Bertz CT molecular complexity index is 1060. The average molecular weight is 396 g/mol. The van der Waals surface area contributed by atoms with Gasteiger partial charge in [-0.1, -0.05) is 12.0 Å². The van der Waals surface area contributed by atoms with Crippen molar-refractivity contribution in [2.75, 3.05) is 18.5 Å². The van der Waals surface area contributed by atoms with Crippen LogP contribution in [0.15, 0.2) is 36.4 Å². The summed E-state index contributed by atoms with van der Waals surface area (Å²) >= 11 is 0. The van der Waals surface area contributed by atoms with Gasteiger partial charge >= 0.3 is 0 Å². The summed E-state index contributed by atoms with van der Waals surface area (Å²) in [6.45, 7) is 0.893. The summed E-state index contributed by atoms with van der Waals surface area (Å²) in [5, 5.41) is 24.9. The molecule has 0 fully saturated rings. The molecule has 0 spiro atoms. The lowest BCUT2D eigenvalue weighted by Crippen LogP contribution is -2.40. The van der Waals surface area contributed by atoms with Crippen LogP contribution in [0.5, 0.6) is 0 Å². The van der Waals surface area contributed by atoms with Crippen molar-refractivity contribution in [1.82, 2.24) is 5.32 Å². The second-order valence-corrected chi connectivity index (χ2v) is 5.91. The largest absolute Gasteiger partial charge is 0.358 e. The van der Waals surface area contributed by atoms with Crippen LogP contribution in [-0.2, 0) is 4.79 Å². The van der Waals surface area contributed by atoms with Gasteiger partial charge in [0, 0.05) is 29.9 Å². The van der Waals surface area contributed by atoms with Crippen LogP contribution in [0, 0.1) is 39.5 Å². The lowest BCUT2D eigenvalue weighted by atomic mass is 10.0. The van der Waals surface area contributed by atoms with Gasteiger partial charge in [-0.15, -0.1) is 6.42 Å². The van der Waals surface area contributed by atoms with E-state index in [4.69, 9.17) is 6.42 Å². The van der Waals surface area contributed by atoms with E-state index in [2.05, 4.69) is 11.2 Å². The Morgan fingerprint density at radius 1 is 1.17 bits per heavy atom. The number of anilines is 1. The van der Waals surface area contributed by atoms with Crippen molar-refractivity contribution in [3.8, 4) is 12.3 Å². The highest BCUT2D eigenvalue weighted by molar-refractivity contribution is 6.10. The van der Waals surface area contributed by atoms with Crippen molar-refractivity contribution in [3.05, 3.63) is 73.3 Å². The molecule has 0 aliphatic rings. The molecule has 0 atom stereocenters. The third-order valence-corrected chi connectivity index (χ3v) is 4.15. The van der Waals surface area contributed by atoms with Gasteiger partial charge in [0.1, 0.15) is 6.54 Å². The van der Waals surface area contributed by atoms with Crippen LogP contribution in [0.4, 0.5) is 17.1 Å². The Morgan fingerprint density at radius 3 is 2.41 bits per heavy atom. The van der Waals surface area contributed by atoms with Crippen LogP contribution in [0.25, 0.3) is 0 Å². The number of terminal acetylenes is 1. The zero-order valence-corrected chi connectivity index (χ0v) is 15.5. The van der Waals surface area contributed by atoms with Crippen molar-refractivity contribution >= 4 is 28.9 Å². The van der Waals surface area contributed by atoms with Crippen LogP contribution in [0.3, 0.4) is 0 Å². The van der Waals surface area contributed by atoms with Crippen LogP contribution >= 0.6 is 0 Å². The summed E-state index contributed by atoms with van der Waals surface area (Å²) in [4.78, 5) is 47.1. The molecule has 0 aromatic heterocycles. The van der Waals surface area contributed by atoms with E-state index < -0.39 is 39.6 Å². The second-order valence-electron chi connectivity index (χ2n) is 5.91. The quantitative estimate of drug-likeness (QED) is 0.452. The number of hydrogen-bond acceptors (Lipinski definition) is 6. The third-order valence-electron chi connectivity index (χ3n) is 4.15. The zero-order chi connectivity index (χ0) is 21.7. The predicted octanol–water partition coefficient (Wildman–Crippen LogP) is 2.19. The van der Waals surface area contributed by atoms with Gasteiger partial charge in [-0.25, -0.2) is 0 Å². The minimum absolute atomic E-state index is 0.0550. The lowest BCUT2D eigenvalue weighted by Gasteiger charge is -2.23. The molecule has 0 aliphatic heterocycles. The third kappa shape index (κ3) is 4.54. The molecule has 0 saturated carbocycles. The topological polar surface area (TPSA) is 136 Å². The normalized spacial score (nSPS) is 9.97. The number of amides is 2. The van der Waals surface area contributed by atoms with Crippen molar-refractivity contribution in [1.29, 1.82) is 0 Å². The highest BCUT2D eigenvalue weighted by Crippen LogP contribution is 2.30. The van der Waals surface area contributed by atoms with E-state index in [0.29, 0.717) is 5.56 Å². The summed E-state index contributed by atoms with van der Waals surface area (Å²) < 4.78 is 0. The minimum Gasteiger partial charge on any atom is -0.358 e. The van der Waals surface area contributed by atoms with Gasteiger partial charge in [0.25, 0.3) is 17.3 Å². The second kappa shape index (κ2) is 8.62. The molecule has 148 valence electrons. The molecule has 0 radical (unpaired) electrons. The van der Waals surface area contributed by atoms with Gasteiger partial charge in [-0.2, -0.15) is 0 Å². The molecule has 0 saturated heterocycles. The van der Waals surface area contributed by atoms with Gasteiger partial charge < -0.3 is 5.32 Å². The Morgan fingerprint density at radius 2 is 1.86 bits per heavy atom. The Hall–Kier alpha value is -4.26. The molecule has 10 nitrogen and oxygen atoms in total. The standard InChI is InChI=1S/C19H16N4O6/c1-4-13-6-5-7-14(8-13)21(11-18(24)20-3)19(25)16-9-15(22(26)27)10-17(12(16)2)23(28)29/h1,5-10H,11H2,2-3H3,(H,20,24). The first kappa shape index (κ1) is 21.0. The van der Waals surface area contributed by atoms with E-state index in [1.165, 1.54) is 26.1 Å². The number of rotatable bonds is 6. The zero-order valence-electron chi connectivity index (χ0n) is 15.5. The first-order valence-electron chi connectivity index (χ1n) is 8.22. The van der Waals surface area contributed by atoms with E-state index in [1.54, 1.807) is 12.1 Å². The number of carbonyl (C=O) groups is 2. The average Bonchev–Trinajstić information content (AvgIpc) is 2.70. The molecule has 2 aromatic carbocycles. The van der Waals surface area contributed by atoms with Crippen LogP contribution in [0.2, 0.25) is 0 Å². The number of non-ortho nitro benzene ring substituents is 1. The molecule has 0 unspecified atom stereocenters. The summed E-state index contributed by atoms with van der Waals surface area (Å²) in [6.07, 6.45) is 5.38. The van der Waals surface area contributed by atoms with Gasteiger partial charge in [-0.3, -0.25) is 34.7 Å². The van der Waals surface area contributed by atoms with Crippen molar-refractivity contribution in [3.63, 3.8) is 0 Å². The maximum Gasteiger partial charge on any atom is 0.279 e. The number of carbonyl (C=O) groups excluding carboxylic acids is 2. The van der Waals surface area contributed by atoms with E-state index >= 15 is 0 Å². The molecule has 2 rings (SSSR count). The Labute approximate surface area is 165 Å². The monoisotopic (exact) mass is 396 g/mol. The summed E-state index contributed by atoms with van der Waals surface area (Å²) in [6, 6.07) is 7.96. The van der Waals surface area contributed by atoms with Gasteiger partial charge in [0.15, 0.2) is 0 Å². The number of nitro groups is 2. The van der Waals surface area contributed by atoms with E-state index in [1.807, 2.05) is 0 Å². The first-order chi connectivity index (χ1) is 13.7. The van der Waals surface area contributed by atoms with Crippen LogP contribution in [-0.4, -0.2) is 35.3 Å². The molecule has 29 heavy (non-hydrogen) atoms. The SMILES string of the molecule is C#Cc1cccc(N(CC(=O)NC)C(=O)c2cc([N+](=O)[O-])cc([N+](=O)[O-])c2C)c1. The number of benzene rings is 2. The highest BCUT2D eigenvalue weighted by atomic mass is 16.6. The minimum atomic E-state index is -0.828. The molecule has 10 heteroatoms. The van der Waals surface area contributed by atoms with E-state index in [0.717, 1.165) is 17.0 Å². The molecular weight excluding hydrogens is 380 g/mol. The maximum atomic E-state index is 13.2. The lowest BCUT2D eigenvalue weighted by molar-refractivity contribution is -0.394. The van der Waals surface area contributed by atoms with Crippen molar-refractivity contribution in [2.45, 2.75) is 6.92 Å². The molecule has 2 aromatic rings. The summed E-state index contributed by atoms with van der Waals surface area (Å²) in [5.41, 5.74) is -0.786. The van der Waals surface area contributed by atoms with Gasteiger partial charge in [0.2, 0.25) is 5.91 Å². The molecule has 1 N–H and O–H groups in total. The fraction of sp³-hybridized carbons (Fsp3) is 0.158. The van der Waals surface area contributed by atoms with E-state index in [-0.39, 0.29) is 16.8 Å². The van der Waals surface area contributed by atoms with Crippen molar-refractivity contribution in [2.24, 2.45) is 0 Å². The maximum absolute atomic E-state index is 13.2. The van der Waals surface area contributed by atoms with Crippen LogP contribution < -0.4 is 10.2 Å². The summed E-state index contributed by atoms with van der Waals surface area (Å²) in [7, 11) is 1.38. The number of likely N-dealkylation sites (N-methyl/N-ethyl adjacent to an activating group) is 1. The molecule has 0 bridgehead atoms. The Kier molecular flexibility index (Phi) is 6.25.